The second-order valence-electron chi connectivity index (χ2n) is 4.84. The van der Waals surface area contributed by atoms with E-state index in [-0.39, 0.29) is 25.0 Å². The van der Waals surface area contributed by atoms with E-state index < -0.39 is 6.09 Å². The maximum atomic E-state index is 12.1. The Bertz CT molecular complexity index is 501. The van der Waals surface area contributed by atoms with Crippen molar-refractivity contribution >= 4 is 17.7 Å². The predicted molar refractivity (Wildman–Crippen MR) is 78.4 cm³/mol. The van der Waals surface area contributed by atoms with Crippen LogP contribution in [0.15, 0.2) is 24.3 Å². The molecule has 1 saturated heterocycles. The maximum absolute atomic E-state index is 12.1. The number of cyclic esters (lactones) is 1. The zero-order valence-corrected chi connectivity index (χ0v) is 12.3. The Hall–Kier alpha value is -2.24. The zero-order chi connectivity index (χ0) is 15.2. The summed E-state index contributed by atoms with van der Waals surface area (Å²) in [6.45, 7) is 2.63. The fourth-order valence-corrected chi connectivity index (χ4v) is 2.16. The summed E-state index contributed by atoms with van der Waals surface area (Å²) in [4.78, 5) is 24.6. The van der Waals surface area contributed by atoms with Crippen LogP contribution >= 0.6 is 0 Å². The number of benzene rings is 1. The molecule has 2 rings (SSSR count). The summed E-state index contributed by atoms with van der Waals surface area (Å²) < 4.78 is 9.88. The van der Waals surface area contributed by atoms with E-state index in [4.69, 9.17) is 9.47 Å². The first-order valence-electron chi connectivity index (χ1n) is 7.01. The van der Waals surface area contributed by atoms with Crippen molar-refractivity contribution < 1.29 is 19.1 Å². The molecule has 6 nitrogen and oxygen atoms in total. The minimum atomic E-state index is -0.542. The van der Waals surface area contributed by atoms with Gasteiger partial charge in [0.15, 0.2) is 0 Å². The van der Waals surface area contributed by atoms with Gasteiger partial charge in [-0.3, -0.25) is 4.79 Å². The van der Waals surface area contributed by atoms with Crippen LogP contribution in [0.1, 0.15) is 19.8 Å². The van der Waals surface area contributed by atoms with Gasteiger partial charge in [0.2, 0.25) is 5.91 Å². The predicted octanol–water partition coefficient (Wildman–Crippen LogP) is 2.25. The third-order valence-corrected chi connectivity index (χ3v) is 3.44. The number of imide groups is 1. The molecule has 1 N–H and O–H groups in total. The second kappa shape index (κ2) is 6.97. The maximum Gasteiger partial charge on any atom is 0.416 e. The SMILES string of the molecule is CC[C@@H](CC(=O)N1CCOC1=O)Nc1ccc(OC)cc1. The van der Waals surface area contributed by atoms with Crippen molar-refractivity contribution in [3.8, 4) is 5.75 Å². The standard InChI is InChI=1S/C15H20N2O4/c1-3-11(10-14(18)17-8-9-21-15(17)19)16-12-4-6-13(20-2)7-5-12/h4-7,11,16H,3,8-10H2,1-2H3/t11-/m0/s1. The highest BCUT2D eigenvalue weighted by molar-refractivity contribution is 5.93. The van der Waals surface area contributed by atoms with E-state index in [2.05, 4.69) is 5.32 Å². The summed E-state index contributed by atoms with van der Waals surface area (Å²) in [5.41, 5.74) is 0.916. The second-order valence-corrected chi connectivity index (χ2v) is 4.84. The van der Waals surface area contributed by atoms with Crippen molar-refractivity contribution in [1.29, 1.82) is 0 Å². The van der Waals surface area contributed by atoms with E-state index in [0.717, 1.165) is 17.9 Å². The number of amides is 2. The van der Waals surface area contributed by atoms with Crippen molar-refractivity contribution in [2.75, 3.05) is 25.6 Å². The number of anilines is 1. The highest BCUT2D eigenvalue weighted by Crippen LogP contribution is 2.18. The number of carbonyl (C=O) groups is 2. The first-order valence-corrected chi connectivity index (χ1v) is 7.01. The van der Waals surface area contributed by atoms with Crippen molar-refractivity contribution in [2.24, 2.45) is 0 Å². The molecule has 0 aliphatic carbocycles. The van der Waals surface area contributed by atoms with Crippen LogP contribution in [-0.2, 0) is 9.53 Å². The number of rotatable bonds is 6. The molecule has 0 saturated carbocycles. The molecule has 0 spiro atoms. The number of methoxy groups -OCH3 is 1. The van der Waals surface area contributed by atoms with E-state index in [0.29, 0.717) is 6.54 Å². The molecule has 1 aromatic rings. The van der Waals surface area contributed by atoms with Gasteiger partial charge in [-0.1, -0.05) is 6.92 Å². The molecule has 0 radical (unpaired) electrons. The van der Waals surface area contributed by atoms with Crippen LogP contribution in [0.5, 0.6) is 5.75 Å². The quantitative estimate of drug-likeness (QED) is 0.871. The van der Waals surface area contributed by atoms with Crippen LogP contribution in [0.4, 0.5) is 10.5 Å². The minimum absolute atomic E-state index is 0.0284. The highest BCUT2D eigenvalue weighted by atomic mass is 16.6. The molecule has 1 heterocycles. The fourth-order valence-electron chi connectivity index (χ4n) is 2.16. The first-order chi connectivity index (χ1) is 10.1. The van der Waals surface area contributed by atoms with E-state index in [1.54, 1.807) is 7.11 Å². The van der Waals surface area contributed by atoms with Gasteiger partial charge in [-0.05, 0) is 30.7 Å². The molecule has 1 fully saturated rings. The van der Waals surface area contributed by atoms with Gasteiger partial charge in [0.05, 0.1) is 13.7 Å². The molecule has 21 heavy (non-hydrogen) atoms. The third-order valence-electron chi connectivity index (χ3n) is 3.44. The van der Waals surface area contributed by atoms with Crippen molar-refractivity contribution in [3.05, 3.63) is 24.3 Å². The van der Waals surface area contributed by atoms with Gasteiger partial charge >= 0.3 is 6.09 Å². The van der Waals surface area contributed by atoms with Crippen molar-refractivity contribution in [3.63, 3.8) is 0 Å². The molecule has 1 aliphatic rings. The lowest BCUT2D eigenvalue weighted by Crippen LogP contribution is -2.35. The molecular formula is C15H20N2O4. The summed E-state index contributed by atoms with van der Waals surface area (Å²) in [6.07, 6.45) is 0.498. The average molecular weight is 292 g/mol. The Morgan fingerprint density at radius 3 is 2.67 bits per heavy atom. The van der Waals surface area contributed by atoms with Gasteiger partial charge in [-0.25, -0.2) is 9.69 Å². The van der Waals surface area contributed by atoms with Gasteiger partial charge in [-0.2, -0.15) is 0 Å². The topological polar surface area (TPSA) is 67.9 Å². The van der Waals surface area contributed by atoms with Crippen molar-refractivity contribution in [1.82, 2.24) is 4.90 Å². The number of ether oxygens (including phenoxy) is 2. The van der Waals surface area contributed by atoms with Gasteiger partial charge in [-0.15, -0.1) is 0 Å². The lowest BCUT2D eigenvalue weighted by atomic mass is 10.1. The summed E-state index contributed by atoms with van der Waals surface area (Å²) in [6, 6.07) is 7.48. The zero-order valence-electron chi connectivity index (χ0n) is 12.3. The number of carbonyl (C=O) groups excluding carboxylic acids is 2. The Morgan fingerprint density at radius 2 is 2.14 bits per heavy atom. The molecule has 1 aliphatic heterocycles. The molecule has 1 atom stereocenters. The lowest BCUT2D eigenvalue weighted by molar-refractivity contribution is -0.128. The normalized spacial score (nSPS) is 15.5. The monoisotopic (exact) mass is 292 g/mol. The minimum Gasteiger partial charge on any atom is -0.497 e. The van der Waals surface area contributed by atoms with Crippen molar-refractivity contribution in [2.45, 2.75) is 25.8 Å². The molecule has 0 bridgehead atoms. The molecule has 2 amide bonds. The smallest absolute Gasteiger partial charge is 0.416 e. The van der Waals surface area contributed by atoms with E-state index >= 15 is 0 Å². The van der Waals surface area contributed by atoms with Crippen LogP contribution in [0.2, 0.25) is 0 Å². The summed E-state index contributed by atoms with van der Waals surface area (Å²) >= 11 is 0. The van der Waals surface area contributed by atoms with Gasteiger partial charge in [0.1, 0.15) is 12.4 Å². The van der Waals surface area contributed by atoms with Gasteiger partial charge in [0, 0.05) is 18.2 Å². The molecular weight excluding hydrogens is 272 g/mol. The van der Waals surface area contributed by atoms with E-state index in [1.165, 1.54) is 4.90 Å². The Morgan fingerprint density at radius 1 is 1.43 bits per heavy atom. The molecule has 114 valence electrons. The third kappa shape index (κ3) is 3.87. The van der Waals surface area contributed by atoms with Gasteiger partial charge < -0.3 is 14.8 Å². The van der Waals surface area contributed by atoms with Crippen LogP contribution in [-0.4, -0.2) is 43.2 Å². The van der Waals surface area contributed by atoms with Crippen LogP contribution in [0.3, 0.4) is 0 Å². The number of nitrogens with one attached hydrogen (secondary N) is 1. The Labute approximate surface area is 124 Å². The number of nitrogens with zero attached hydrogens (tertiary/aromatic N) is 1. The van der Waals surface area contributed by atoms with Crippen LogP contribution in [0.25, 0.3) is 0 Å². The fraction of sp³-hybridized carbons (Fsp3) is 0.467. The first kappa shape index (κ1) is 15.2. The van der Waals surface area contributed by atoms with E-state index in [1.807, 2.05) is 31.2 Å². The summed E-state index contributed by atoms with van der Waals surface area (Å²) in [7, 11) is 1.62. The summed E-state index contributed by atoms with van der Waals surface area (Å²) in [5, 5.41) is 3.29. The summed E-state index contributed by atoms with van der Waals surface area (Å²) in [5.74, 6) is 0.579. The molecule has 6 heteroatoms. The average Bonchev–Trinajstić information content (AvgIpc) is 2.93. The lowest BCUT2D eigenvalue weighted by Gasteiger charge is -2.20. The van der Waals surface area contributed by atoms with Gasteiger partial charge in [0.25, 0.3) is 0 Å². The highest BCUT2D eigenvalue weighted by Gasteiger charge is 2.29. The largest absolute Gasteiger partial charge is 0.497 e. The molecule has 0 aromatic heterocycles. The Balaban J connectivity index is 1.92. The Kier molecular flexibility index (Phi) is 5.03. The molecule has 1 aromatic carbocycles. The van der Waals surface area contributed by atoms with Crippen LogP contribution < -0.4 is 10.1 Å². The number of hydrogen-bond acceptors (Lipinski definition) is 5. The molecule has 0 unspecified atom stereocenters. The van der Waals surface area contributed by atoms with Crippen LogP contribution in [0, 0.1) is 0 Å². The number of hydrogen-bond donors (Lipinski definition) is 1. The van der Waals surface area contributed by atoms with E-state index in [9.17, 15) is 9.59 Å².